The molecule has 1 unspecified atom stereocenters. The van der Waals surface area contributed by atoms with Gasteiger partial charge in [0.05, 0.1) is 5.56 Å². The second kappa shape index (κ2) is 6.26. The second-order valence-corrected chi connectivity index (χ2v) is 4.66. The molecule has 0 amide bonds. The van der Waals surface area contributed by atoms with Gasteiger partial charge in [-0.05, 0) is 24.2 Å². The van der Waals surface area contributed by atoms with Crippen LogP contribution in [0.3, 0.4) is 0 Å². The molecule has 1 atom stereocenters. The summed E-state index contributed by atoms with van der Waals surface area (Å²) in [5, 5.41) is 2.97. The van der Waals surface area contributed by atoms with Crippen molar-refractivity contribution in [1.29, 1.82) is 0 Å². The van der Waals surface area contributed by atoms with Crippen LogP contribution in [0.15, 0.2) is 22.7 Å². The maximum Gasteiger partial charge on any atom is 0.416 e. The molecule has 1 rings (SSSR count). The number of terminal acetylenes is 1. The maximum absolute atomic E-state index is 13.0. The number of hydrogen-bond donors (Lipinski definition) is 1. The van der Waals surface area contributed by atoms with Gasteiger partial charge in [-0.25, -0.2) is 0 Å². The van der Waals surface area contributed by atoms with Crippen molar-refractivity contribution in [1.82, 2.24) is 5.32 Å². The normalized spacial score (nSPS) is 13.1. The van der Waals surface area contributed by atoms with Crippen molar-refractivity contribution in [2.24, 2.45) is 0 Å². The highest BCUT2D eigenvalue weighted by Gasteiger charge is 2.35. The van der Waals surface area contributed by atoms with E-state index in [-0.39, 0.29) is 12.0 Å². The molecule has 98 valence electrons. The molecule has 5 heteroatoms. The van der Waals surface area contributed by atoms with E-state index in [0.29, 0.717) is 11.0 Å². The second-order valence-electron chi connectivity index (χ2n) is 3.75. The van der Waals surface area contributed by atoms with Gasteiger partial charge < -0.3 is 5.32 Å². The minimum absolute atomic E-state index is 0.186. The zero-order chi connectivity index (χ0) is 13.8. The molecule has 0 aliphatic carbocycles. The molecule has 1 N–H and O–H groups in total. The first kappa shape index (κ1) is 15.1. The lowest BCUT2D eigenvalue weighted by Crippen LogP contribution is -2.23. The fourth-order valence-corrected chi connectivity index (χ4v) is 2.10. The van der Waals surface area contributed by atoms with Crippen LogP contribution in [0.4, 0.5) is 13.2 Å². The van der Waals surface area contributed by atoms with Gasteiger partial charge in [-0.1, -0.05) is 28.9 Å². The summed E-state index contributed by atoms with van der Waals surface area (Å²) in [6.07, 6.45) is 1.04. The highest BCUT2D eigenvalue weighted by molar-refractivity contribution is 9.10. The van der Waals surface area contributed by atoms with Gasteiger partial charge in [0.25, 0.3) is 0 Å². The lowest BCUT2D eigenvalue weighted by molar-refractivity contribution is -0.138. The Bertz CT molecular complexity index is 449. The number of benzene rings is 1. The molecular formula is C13H13BrF3N. The Kier molecular flexibility index (Phi) is 5.24. The maximum atomic E-state index is 13.0. The van der Waals surface area contributed by atoms with Crippen LogP contribution < -0.4 is 5.32 Å². The topological polar surface area (TPSA) is 12.0 Å². The van der Waals surface area contributed by atoms with Crippen molar-refractivity contribution in [2.75, 3.05) is 6.54 Å². The van der Waals surface area contributed by atoms with Crippen LogP contribution in [0.1, 0.15) is 30.5 Å². The van der Waals surface area contributed by atoms with E-state index < -0.39 is 17.8 Å². The predicted octanol–water partition coefficient (Wildman–Crippen LogP) is 4.14. The molecule has 0 fully saturated rings. The molecule has 0 aliphatic heterocycles. The van der Waals surface area contributed by atoms with Crippen LogP contribution in [-0.4, -0.2) is 6.54 Å². The van der Waals surface area contributed by atoms with E-state index in [4.69, 9.17) is 6.42 Å². The molecule has 0 spiro atoms. The van der Waals surface area contributed by atoms with Crippen LogP contribution in [0, 0.1) is 12.3 Å². The van der Waals surface area contributed by atoms with Gasteiger partial charge in [-0.2, -0.15) is 13.2 Å². The van der Waals surface area contributed by atoms with Gasteiger partial charge in [-0.3, -0.25) is 0 Å². The fourth-order valence-electron chi connectivity index (χ4n) is 1.73. The molecule has 0 heterocycles. The minimum Gasteiger partial charge on any atom is -0.309 e. The summed E-state index contributed by atoms with van der Waals surface area (Å²) >= 11 is 3.06. The monoisotopic (exact) mass is 319 g/mol. The molecule has 1 aromatic rings. The fraction of sp³-hybridized carbons (Fsp3) is 0.385. The first-order valence-electron chi connectivity index (χ1n) is 5.43. The van der Waals surface area contributed by atoms with E-state index >= 15 is 0 Å². The number of hydrogen-bond acceptors (Lipinski definition) is 1. The molecule has 0 aromatic heterocycles. The third-order valence-corrected chi connectivity index (χ3v) is 2.96. The zero-order valence-corrected chi connectivity index (χ0v) is 11.4. The summed E-state index contributed by atoms with van der Waals surface area (Å²) < 4.78 is 39.3. The highest BCUT2D eigenvalue weighted by atomic mass is 79.9. The molecule has 0 radical (unpaired) electrons. The highest BCUT2D eigenvalue weighted by Crippen LogP contribution is 2.37. The van der Waals surface area contributed by atoms with Crippen LogP contribution >= 0.6 is 15.9 Å². The molecule has 0 aliphatic rings. The van der Waals surface area contributed by atoms with E-state index in [1.54, 1.807) is 6.07 Å². The number of halogens is 4. The lowest BCUT2D eigenvalue weighted by atomic mass is 9.97. The smallest absolute Gasteiger partial charge is 0.309 e. The van der Waals surface area contributed by atoms with Gasteiger partial charge in [0, 0.05) is 16.9 Å². The number of nitrogens with one attached hydrogen (secondary N) is 1. The van der Waals surface area contributed by atoms with Gasteiger partial charge in [-0.15, -0.1) is 12.3 Å². The SMILES string of the molecule is C#CCC(NCC)c1ccc(Br)cc1C(F)(F)F. The zero-order valence-electron chi connectivity index (χ0n) is 9.81. The van der Waals surface area contributed by atoms with Gasteiger partial charge in [0.2, 0.25) is 0 Å². The van der Waals surface area contributed by atoms with E-state index in [0.717, 1.165) is 6.07 Å². The molecule has 1 nitrogen and oxygen atoms in total. The molecule has 0 bridgehead atoms. The van der Waals surface area contributed by atoms with Crippen molar-refractivity contribution >= 4 is 15.9 Å². The Morgan fingerprint density at radius 3 is 2.61 bits per heavy atom. The van der Waals surface area contributed by atoms with Crippen LogP contribution in [0.2, 0.25) is 0 Å². The molecule has 1 aromatic carbocycles. The molecule has 0 saturated carbocycles. The van der Waals surface area contributed by atoms with Crippen LogP contribution in [0.5, 0.6) is 0 Å². The van der Waals surface area contributed by atoms with Crippen molar-refractivity contribution in [3.05, 3.63) is 33.8 Å². The van der Waals surface area contributed by atoms with Crippen molar-refractivity contribution in [3.63, 3.8) is 0 Å². The lowest BCUT2D eigenvalue weighted by Gasteiger charge is -2.21. The quantitative estimate of drug-likeness (QED) is 0.822. The largest absolute Gasteiger partial charge is 0.416 e. The average molecular weight is 320 g/mol. The third-order valence-electron chi connectivity index (χ3n) is 2.47. The molecular weight excluding hydrogens is 307 g/mol. The number of alkyl halides is 3. The Morgan fingerprint density at radius 1 is 1.44 bits per heavy atom. The van der Waals surface area contributed by atoms with E-state index in [1.165, 1.54) is 6.07 Å². The standard InChI is InChI=1S/C13H13BrF3N/c1-3-5-12(18-4-2)10-7-6-9(14)8-11(10)13(15,16)17/h1,6-8,12,18H,4-5H2,2H3. The first-order valence-corrected chi connectivity index (χ1v) is 6.23. The summed E-state index contributed by atoms with van der Waals surface area (Å²) in [5.74, 6) is 2.40. The van der Waals surface area contributed by atoms with E-state index in [9.17, 15) is 13.2 Å². The Morgan fingerprint density at radius 2 is 2.11 bits per heavy atom. The number of rotatable bonds is 4. The van der Waals surface area contributed by atoms with Crippen molar-refractivity contribution < 1.29 is 13.2 Å². The van der Waals surface area contributed by atoms with Gasteiger partial charge in [0.1, 0.15) is 0 Å². The Hall–Kier alpha value is -0.990. The summed E-state index contributed by atoms with van der Waals surface area (Å²) in [4.78, 5) is 0. The predicted molar refractivity (Wildman–Crippen MR) is 69.0 cm³/mol. The van der Waals surface area contributed by atoms with Crippen molar-refractivity contribution in [2.45, 2.75) is 25.6 Å². The molecule has 0 saturated heterocycles. The Labute approximate surface area is 113 Å². The first-order chi connectivity index (χ1) is 8.40. The molecule has 18 heavy (non-hydrogen) atoms. The summed E-state index contributed by atoms with van der Waals surface area (Å²) in [6, 6.07) is 3.64. The average Bonchev–Trinajstić information content (AvgIpc) is 2.27. The van der Waals surface area contributed by atoms with Crippen LogP contribution in [-0.2, 0) is 6.18 Å². The summed E-state index contributed by atoms with van der Waals surface area (Å²) in [5.41, 5.74) is -0.469. The summed E-state index contributed by atoms with van der Waals surface area (Å²) in [7, 11) is 0. The Balaban J connectivity index is 3.25. The van der Waals surface area contributed by atoms with Gasteiger partial charge in [0.15, 0.2) is 0 Å². The third kappa shape index (κ3) is 3.76. The summed E-state index contributed by atoms with van der Waals surface area (Å²) in [6.45, 7) is 2.38. The van der Waals surface area contributed by atoms with E-state index in [2.05, 4.69) is 27.2 Å². The van der Waals surface area contributed by atoms with Gasteiger partial charge >= 0.3 is 6.18 Å². The van der Waals surface area contributed by atoms with Crippen molar-refractivity contribution in [3.8, 4) is 12.3 Å². The minimum atomic E-state index is -4.39. The van der Waals surface area contributed by atoms with Crippen LogP contribution in [0.25, 0.3) is 0 Å². The van der Waals surface area contributed by atoms with E-state index in [1.807, 2.05) is 6.92 Å².